The Balaban J connectivity index is 2.61. The smallest absolute Gasteiger partial charge is 0.331 e. The zero-order valence-corrected chi connectivity index (χ0v) is 12.1. The topological polar surface area (TPSA) is 80.9 Å². The Morgan fingerprint density at radius 2 is 2.10 bits per heavy atom. The van der Waals surface area contributed by atoms with Gasteiger partial charge in [0, 0.05) is 5.56 Å². The molecule has 0 spiro atoms. The molecule has 6 nitrogen and oxygen atoms in total. The third kappa shape index (κ3) is 2.17. The predicted molar refractivity (Wildman–Crippen MR) is 74.3 cm³/mol. The van der Waals surface area contributed by atoms with E-state index < -0.39 is 11.5 Å². The highest BCUT2D eigenvalue weighted by molar-refractivity contribution is 5.77. The zero-order valence-electron chi connectivity index (χ0n) is 12.1. The van der Waals surface area contributed by atoms with E-state index in [1.165, 1.54) is 4.68 Å². The second-order valence-corrected chi connectivity index (χ2v) is 5.17. The molecule has 0 radical (unpaired) electrons. The fraction of sp³-hybridized carbons (Fsp3) is 0.429. The van der Waals surface area contributed by atoms with Gasteiger partial charge in [0.1, 0.15) is 0 Å². The summed E-state index contributed by atoms with van der Waals surface area (Å²) >= 11 is 0. The van der Waals surface area contributed by atoms with Crippen LogP contribution in [0, 0.1) is 13.8 Å². The van der Waals surface area contributed by atoms with Crippen LogP contribution in [-0.2, 0) is 10.3 Å². The first-order valence-electron chi connectivity index (χ1n) is 6.50. The number of aryl methyl sites for hydroxylation is 2. The molecule has 1 atom stereocenters. The largest absolute Gasteiger partial charge is 0.479 e. The summed E-state index contributed by atoms with van der Waals surface area (Å²) in [7, 11) is 0. The highest BCUT2D eigenvalue weighted by Crippen LogP contribution is 2.28. The molecule has 0 fully saturated rings. The van der Waals surface area contributed by atoms with Gasteiger partial charge in [-0.25, -0.2) is 9.48 Å². The Morgan fingerprint density at radius 3 is 2.65 bits per heavy atom. The number of carbonyl (C=O) groups is 1. The monoisotopic (exact) mass is 274 g/mol. The average molecular weight is 274 g/mol. The molecule has 0 amide bonds. The highest BCUT2D eigenvalue weighted by Gasteiger charge is 2.37. The molecule has 2 rings (SSSR count). The molecule has 6 heteroatoms. The van der Waals surface area contributed by atoms with Crippen molar-refractivity contribution in [1.82, 2.24) is 20.2 Å². The van der Waals surface area contributed by atoms with E-state index in [0.29, 0.717) is 12.2 Å². The van der Waals surface area contributed by atoms with E-state index in [9.17, 15) is 9.90 Å². The Hall–Kier alpha value is -2.24. The van der Waals surface area contributed by atoms with Crippen molar-refractivity contribution >= 4 is 5.97 Å². The molecular formula is C14H18N4O2. The fourth-order valence-electron chi connectivity index (χ4n) is 2.14. The number of hydrogen-bond acceptors (Lipinski definition) is 4. The number of benzene rings is 1. The number of nitrogens with zero attached hydrogens (tertiary/aromatic N) is 4. The van der Waals surface area contributed by atoms with E-state index in [2.05, 4.69) is 15.5 Å². The Bertz CT molecular complexity index is 650. The molecule has 0 aliphatic rings. The van der Waals surface area contributed by atoms with E-state index in [1.54, 1.807) is 6.92 Å². The van der Waals surface area contributed by atoms with Crippen LogP contribution >= 0.6 is 0 Å². The molecule has 106 valence electrons. The van der Waals surface area contributed by atoms with Crippen molar-refractivity contribution in [3.8, 4) is 11.4 Å². The summed E-state index contributed by atoms with van der Waals surface area (Å²) in [6, 6.07) is 5.91. The molecule has 1 aromatic heterocycles. The third-order valence-electron chi connectivity index (χ3n) is 3.71. The summed E-state index contributed by atoms with van der Waals surface area (Å²) in [5.74, 6) is -0.465. The van der Waals surface area contributed by atoms with Crippen LogP contribution in [-0.4, -0.2) is 31.3 Å². The van der Waals surface area contributed by atoms with Gasteiger partial charge in [0.25, 0.3) is 0 Å². The van der Waals surface area contributed by atoms with Crippen LogP contribution in [0.1, 0.15) is 31.4 Å². The van der Waals surface area contributed by atoms with E-state index in [1.807, 2.05) is 39.0 Å². The van der Waals surface area contributed by atoms with Gasteiger partial charge in [-0.05, 0) is 43.2 Å². The average Bonchev–Trinajstić information content (AvgIpc) is 2.87. The lowest BCUT2D eigenvalue weighted by Gasteiger charge is -2.24. The molecule has 0 aliphatic carbocycles. The van der Waals surface area contributed by atoms with Crippen molar-refractivity contribution in [2.45, 2.75) is 39.7 Å². The maximum Gasteiger partial charge on any atom is 0.331 e. The van der Waals surface area contributed by atoms with Gasteiger partial charge in [0.05, 0.1) is 0 Å². The van der Waals surface area contributed by atoms with E-state index in [0.717, 1.165) is 16.7 Å². The lowest BCUT2D eigenvalue weighted by Crippen LogP contribution is -2.39. The number of tetrazole rings is 1. The first-order valence-corrected chi connectivity index (χ1v) is 6.50. The van der Waals surface area contributed by atoms with E-state index in [-0.39, 0.29) is 0 Å². The number of rotatable bonds is 4. The van der Waals surface area contributed by atoms with Gasteiger partial charge in [-0.15, -0.1) is 5.10 Å². The van der Waals surface area contributed by atoms with E-state index >= 15 is 0 Å². The van der Waals surface area contributed by atoms with Crippen molar-refractivity contribution < 1.29 is 9.90 Å². The lowest BCUT2D eigenvalue weighted by atomic mass is 9.98. The molecule has 1 aromatic carbocycles. The van der Waals surface area contributed by atoms with E-state index in [4.69, 9.17) is 0 Å². The quantitative estimate of drug-likeness (QED) is 0.924. The van der Waals surface area contributed by atoms with Crippen molar-refractivity contribution in [2.75, 3.05) is 0 Å². The molecule has 1 N–H and O–H groups in total. The summed E-state index contributed by atoms with van der Waals surface area (Å²) < 4.78 is 1.40. The second-order valence-electron chi connectivity index (χ2n) is 5.17. The Labute approximate surface area is 117 Å². The number of carboxylic acid groups (broad SMARTS) is 1. The Morgan fingerprint density at radius 1 is 1.40 bits per heavy atom. The van der Waals surface area contributed by atoms with Crippen LogP contribution < -0.4 is 0 Å². The minimum Gasteiger partial charge on any atom is -0.479 e. The fourth-order valence-corrected chi connectivity index (χ4v) is 2.14. The SMILES string of the molecule is CCC(C)(C(=O)O)n1nnnc1-c1ccc(C)cc1C. The van der Waals surface area contributed by atoms with Gasteiger partial charge < -0.3 is 5.11 Å². The molecule has 0 bridgehead atoms. The van der Waals surface area contributed by atoms with Crippen LogP contribution in [0.5, 0.6) is 0 Å². The van der Waals surface area contributed by atoms with Crippen molar-refractivity contribution in [3.05, 3.63) is 29.3 Å². The molecular weight excluding hydrogens is 256 g/mol. The maximum atomic E-state index is 11.6. The molecule has 0 saturated carbocycles. The summed E-state index contributed by atoms with van der Waals surface area (Å²) in [5.41, 5.74) is 1.85. The van der Waals surface area contributed by atoms with Crippen LogP contribution in [0.3, 0.4) is 0 Å². The van der Waals surface area contributed by atoms with Crippen molar-refractivity contribution in [2.24, 2.45) is 0 Å². The van der Waals surface area contributed by atoms with Crippen LogP contribution in [0.2, 0.25) is 0 Å². The number of aliphatic carboxylic acids is 1. The van der Waals surface area contributed by atoms with Crippen LogP contribution in [0.15, 0.2) is 18.2 Å². The minimum atomic E-state index is -1.16. The summed E-state index contributed by atoms with van der Waals surface area (Å²) in [5, 5.41) is 21.0. The maximum absolute atomic E-state index is 11.6. The molecule has 0 aliphatic heterocycles. The number of hydrogen-bond donors (Lipinski definition) is 1. The minimum absolute atomic E-state index is 0.394. The molecule has 1 heterocycles. The van der Waals surface area contributed by atoms with Gasteiger partial charge in [0.2, 0.25) is 0 Å². The van der Waals surface area contributed by atoms with Gasteiger partial charge in [-0.2, -0.15) is 0 Å². The second kappa shape index (κ2) is 5.03. The first kappa shape index (κ1) is 14.2. The molecule has 20 heavy (non-hydrogen) atoms. The first-order chi connectivity index (χ1) is 9.40. The van der Waals surface area contributed by atoms with Gasteiger partial charge in [0.15, 0.2) is 11.4 Å². The molecule has 2 aromatic rings. The van der Waals surface area contributed by atoms with Gasteiger partial charge in [-0.3, -0.25) is 0 Å². The summed E-state index contributed by atoms with van der Waals surface area (Å²) in [6.07, 6.45) is 0.394. The normalized spacial score (nSPS) is 14.0. The molecule has 0 saturated heterocycles. The molecule has 1 unspecified atom stereocenters. The Kier molecular flexibility index (Phi) is 3.57. The van der Waals surface area contributed by atoms with Gasteiger partial charge >= 0.3 is 5.97 Å². The number of carboxylic acids is 1. The number of aromatic nitrogens is 4. The highest BCUT2D eigenvalue weighted by atomic mass is 16.4. The van der Waals surface area contributed by atoms with Crippen LogP contribution in [0.25, 0.3) is 11.4 Å². The van der Waals surface area contributed by atoms with Gasteiger partial charge in [-0.1, -0.05) is 30.7 Å². The lowest BCUT2D eigenvalue weighted by molar-refractivity contribution is -0.147. The zero-order chi connectivity index (χ0) is 14.9. The summed E-state index contributed by atoms with van der Waals surface area (Å²) in [6.45, 7) is 7.40. The van der Waals surface area contributed by atoms with Crippen molar-refractivity contribution in [1.29, 1.82) is 0 Å². The standard InChI is InChI=1S/C14H18N4O2/c1-5-14(4,13(19)20)18-12(15-16-17-18)11-7-6-9(2)8-10(11)3/h6-8H,5H2,1-4H3,(H,19,20). The summed E-state index contributed by atoms with van der Waals surface area (Å²) in [4.78, 5) is 11.6. The predicted octanol–water partition coefficient (Wildman–Crippen LogP) is 2.17. The van der Waals surface area contributed by atoms with Crippen molar-refractivity contribution in [3.63, 3.8) is 0 Å². The third-order valence-corrected chi connectivity index (χ3v) is 3.71. The van der Waals surface area contributed by atoms with Crippen LogP contribution in [0.4, 0.5) is 0 Å².